The van der Waals surface area contributed by atoms with Crippen LogP contribution in [0, 0.1) is 0 Å². The molecule has 31 heavy (non-hydrogen) atoms. The van der Waals surface area contributed by atoms with E-state index in [4.69, 9.17) is 8.94 Å². The molecule has 4 rings (SSSR count). The summed E-state index contributed by atoms with van der Waals surface area (Å²) in [6.07, 6.45) is 2.74. The molecule has 7 heteroatoms. The minimum atomic E-state index is -0.164. The second-order valence-corrected chi connectivity index (χ2v) is 7.43. The highest BCUT2D eigenvalue weighted by Gasteiger charge is 2.20. The minimum absolute atomic E-state index is 0.0215. The molecule has 0 aliphatic rings. The highest BCUT2D eigenvalue weighted by Crippen LogP contribution is 2.21. The van der Waals surface area contributed by atoms with E-state index in [1.54, 1.807) is 18.0 Å². The summed E-state index contributed by atoms with van der Waals surface area (Å²) < 4.78 is 10.6. The van der Waals surface area contributed by atoms with E-state index >= 15 is 0 Å². The molecule has 7 nitrogen and oxygen atoms in total. The molecule has 158 valence electrons. The normalized spacial score (nSPS) is 11.9. The van der Waals surface area contributed by atoms with Gasteiger partial charge in [0, 0.05) is 26.0 Å². The zero-order chi connectivity index (χ0) is 21.6. The maximum Gasteiger partial charge on any atom is 0.223 e. The molecule has 2 heterocycles. The molecule has 2 aromatic carbocycles. The van der Waals surface area contributed by atoms with E-state index in [-0.39, 0.29) is 18.4 Å². The lowest BCUT2D eigenvalue weighted by Gasteiger charge is -2.22. The molecular weight excluding hydrogens is 392 g/mol. The summed E-state index contributed by atoms with van der Waals surface area (Å²) in [6.45, 7) is 1.91. The van der Waals surface area contributed by atoms with Crippen LogP contribution in [0.1, 0.15) is 42.4 Å². The minimum Gasteiger partial charge on any atom is -0.425 e. The first-order valence-corrected chi connectivity index (χ1v) is 10.2. The summed E-state index contributed by atoms with van der Waals surface area (Å²) in [6, 6.07) is 20.1. The van der Waals surface area contributed by atoms with Crippen molar-refractivity contribution in [2.45, 2.75) is 32.2 Å². The molecule has 0 aliphatic heterocycles. The number of carbonyl (C=O) groups excluding carboxylic acids is 1. The van der Waals surface area contributed by atoms with Crippen molar-refractivity contribution in [3.8, 4) is 11.1 Å². The Hall–Kier alpha value is -3.74. The second-order valence-electron chi connectivity index (χ2n) is 7.43. The monoisotopic (exact) mass is 416 g/mol. The van der Waals surface area contributed by atoms with Gasteiger partial charge in [-0.2, -0.15) is 0 Å². The van der Waals surface area contributed by atoms with Crippen LogP contribution < -0.4 is 0 Å². The van der Waals surface area contributed by atoms with E-state index in [0.29, 0.717) is 30.3 Å². The first-order valence-electron chi connectivity index (χ1n) is 10.2. The van der Waals surface area contributed by atoms with Gasteiger partial charge in [-0.3, -0.25) is 4.79 Å². The lowest BCUT2D eigenvalue weighted by atomic mass is 10.0. The molecule has 0 aliphatic carbocycles. The number of amides is 1. The fraction of sp³-hybridized carbons (Fsp3) is 0.250. The van der Waals surface area contributed by atoms with E-state index in [9.17, 15) is 4.79 Å². The Bertz CT molecular complexity index is 1110. The van der Waals surface area contributed by atoms with Crippen molar-refractivity contribution in [1.29, 1.82) is 0 Å². The van der Waals surface area contributed by atoms with Gasteiger partial charge in [0.25, 0.3) is 0 Å². The largest absolute Gasteiger partial charge is 0.425 e. The van der Waals surface area contributed by atoms with Crippen molar-refractivity contribution in [2.75, 3.05) is 7.05 Å². The summed E-state index contributed by atoms with van der Waals surface area (Å²) >= 11 is 0. The predicted molar refractivity (Wildman–Crippen MR) is 115 cm³/mol. The van der Waals surface area contributed by atoms with E-state index in [1.807, 2.05) is 25.1 Å². The highest BCUT2D eigenvalue weighted by atomic mass is 16.5. The molecular formula is C24H24N4O3. The van der Waals surface area contributed by atoms with Gasteiger partial charge in [-0.15, -0.1) is 10.2 Å². The number of benzene rings is 2. The van der Waals surface area contributed by atoms with Gasteiger partial charge in [0.15, 0.2) is 0 Å². The smallest absolute Gasteiger partial charge is 0.223 e. The van der Waals surface area contributed by atoms with Crippen LogP contribution in [0.2, 0.25) is 0 Å². The Morgan fingerprint density at radius 1 is 0.968 bits per heavy atom. The van der Waals surface area contributed by atoms with Crippen molar-refractivity contribution >= 4 is 5.91 Å². The number of nitrogens with zero attached hydrogens (tertiary/aromatic N) is 4. The Kier molecular flexibility index (Phi) is 6.21. The van der Waals surface area contributed by atoms with Gasteiger partial charge in [-0.1, -0.05) is 59.8 Å². The number of aromatic nitrogens is 3. The fourth-order valence-electron chi connectivity index (χ4n) is 3.32. The molecule has 0 unspecified atom stereocenters. The predicted octanol–water partition coefficient (Wildman–Crippen LogP) is 4.47. The average molecular weight is 416 g/mol. The molecule has 0 radical (unpaired) electrons. The van der Waals surface area contributed by atoms with Crippen LogP contribution in [-0.2, 0) is 17.6 Å². The standard InChI is InChI=1S/C24H24N4O3/c1-17(21-14-15-30-27-21)28(2)24(29)13-12-22-25-26-23(31-22)16-18-8-10-20(11-9-18)19-6-4-3-5-7-19/h3-11,14-15,17H,12-13,16H2,1-2H3/t17-/m1/s1. The van der Waals surface area contributed by atoms with Crippen LogP contribution in [0.15, 0.2) is 75.9 Å². The molecule has 0 saturated carbocycles. The summed E-state index contributed by atoms with van der Waals surface area (Å²) in [4.78, 5) is 14.1. The molecule has 1 amide bonds. The molecule has 1 atom stereocenters. The van der Waals surface area contributed by atoms with Gasteiger partial charge in [0.2, 0.25) is 17.7 Å². The highest BCUT2D eigenvalue weighted by molar-refractivity contribution is 5.76. The number of aryl methyl sites for hydroxylation is 1. The average Bonchev–Trinajstić information content (AvgIpc) is 3.50. The summed E-state index contributed by atoms with van der Waals surface area (Å²) in [5.41, 5.74) is 4.15. The Morgan fingerprint density at radius 3 is 2.39 bits per heavy atom. The van der Waals surface area contributed by atoms with Crippen LogP contribution >= 0.6 is 0 Å². The summed E-state index contributed by atoms with van der Waals surface area (Å²) in [5, 5.41) is 12.1. The van der Waals surface area contributed by atoms with Crippen molar-refractivity contribution in [3.63, 3.8) is 0 Å². The van der Waals surface area contributed by atoms with E-state index < -0.39 is 0 Å². The number of hydrogen-bond acceptors (Lipinski definition) is 6. The van der Waals surface area contributed by atoms with Crippen molar-refractivity contribution < 1.29 is 13.7 Å². The second kappa shape index (κ2) is 9.38. The quantitative estimate of drug-likeness (QED) is 0.421. The molecule has 0 bridgehead atoms. The van der Waals surface area contributed by atoms with Crippen LogP contribution in [0.3, 0.4) is 0 Å². The van der Waals surface area contributed by atoms with Gasteiger partial charge in [0.1, 0.15) is 12.0 Å². The van der Waals surface area contributed by atoms with Gasteiger partial charge >= 0.3 is 0 Å². The third kappa shape index (κ3) is 5.06. The van der Waals surface area contributed by atoms with E-state index in [1.165, 1.54) is 11.8 Å². The SMILES string of the molecule is C[C@H](c1ccon1)N(C)C(=O)CCc1nnc(Cc2ccc(-c3ccccc3)cc2)o1. The van der Waals surface area contributed by atoms with Crippen LogP contribution in [-0.4, -0.2) is 33.2 Å². The number of hydrogen-bond donors (Lipinski definition) is 0. The van der Waals surface area contributed by atoms with Crippen LogP contribution in [0.25, 0.3) is 11.1 Å². The maximum atomic E-state index is 12.5. The number of rotatable bonds is 8. The lowest BCUT2D eigenvalue weighted by molar-refractivity contribution is -0.131. The van der Waals surface area contributed by atoms with Gasteiger partial charge in [0.05, 0.1) is 12.5 Å². The lowest BCUT2D eigenvalue weighted by Crippen LogP contribution is -2.30. The fourth-order valence-corrected chi connectivity index (χ4v) is 3.32. The molecule has 2 aromatic heterocycles. The summed E-state index contributed by atoms with van der Waals surface area (Å²) in [5.74, 6) is 0.984. The van der Waals surface area contributed by atoms with Gasteiger partial charge in [-0.05, 0) is 23.6 Å². The third-order valence-corrected chi connectivity index (χ3v) is 5.34. The molecule has 0 saturated heterocycles. The zero-order valence-corrected chi connectivity index (χ0v) is 17.6. The first-order chi connectivity index (χ1) is 15.1. The van der Waals surface area contributed by atoms with Crippen LogP contribution in [0.5, 0.6) is 0 Å². The molecule has 4 aromatic rings. The van der Waals surface area contributed by atoms with Gasteiger partial charge in [-0.25, -0.2) is 0 Å². The van der Waals surface area contributed by atoms with Crippen molar-refractivity contribution in [2.24, 2.45) is 0 Å². The van der Waals surface area contributed by atoms with Crippen molar-refractivity contribution in [3.05, 3.63) is 90.0 Å². The molecule has 0 N–H and O–H groups in total. The molecule has 0 spiro atoms. The Labute approximate surface area is 180 Å². The van der Waals surface area contributed by atoms with E-state index in [2.05, 4.69) is 51.8 Å². The maximum absolute atomic E-state index is 12.5. The van der Waals surface area contributed by atoms with Crippen molar-refractivity contribution in [1.82, 2.24) is 20.3 Å². The third-order valence-electron chi connectivity index (χ3n) is 5.34. The number of carbonyl (C=O) groups is 1. The Balaban J connectivity index is 1.31. The topological polar surface area (TPSA) is 85.3 Å². The molecule has 0 fully saturated rings. The Morgan fingerprint density at radius 2 is 1.68 bits per heavy atom. The first kappa shape index (κ1) is 20.5. The zero-order valence-electron chi connectivity index (χ0n) is 17.6. The van der Waals surface area contributed by atoms with E-state index in [0.717, 1.165) is 11.1 Å². The van der Waals surface area contributed by atoms with Crippen LogP contribution in [0.4, 0.5) is 0 Å². The summed E-state index contributed by atoms with van der Waals surface area (Å²) in [7, 11) is 1.75. The van der Waals surface area contributed by atoms with Gasteiger partial charge < -0.3 is 13.8 Å².